The summed E-state index contributed by atoms with van der Waals surface area (Å²) in [6.07, 6.45) is 13.0. The molecule has 1 atom stereocenters. The molecule has 1 unspecified atom stereocenters. The van der Waals surface area contributed by atoms with Gasteiger partial charge in [-0.3, -0.25) is 9.67 Å². The second kappa shape index (κ2) is 9.12. The lowest BCUT2D eigenvalue weighted by molar-refractivity contribution is -0.615. The number of nitrogens with zero attached hydrogens (tertiary/aromatic N) is 8. The Bertz CT molecular complexity index is 1520. The van der Waals surface area contributed by atoms with E-state index in [0.29, 0.717) is 22.9 Å². The van der Waals surface area contributed by atoms with E-state index in [2.05, 4.69) is 25.6 Å². The Morgan fingerprint density at radius 2 is 1.92 bits per heavy atom. The molecule has 0 spiro atoms. The average molecular weight is 503 g/mol. The van der Waals surface area contributed by atoms with Crippen LogP contribution in [0, 0.1) is 16.9 Å². The van der Waals surface area contributed by atoms with Crippen LogP contribution in [0.2, 0.25) is 5.02 Å². The summed E-state index contributed by atoms with van der Waals surface area (Å²) < 4.78 is 19.2. The van der Waals surface area contributed by atoms with Gasteiger partial charge in [0.15, 0.2) is 12.0 Å². The highest BCUT2D eigenvalue weighted by molar-refractivity contribution is 6.31. The number of benzene rings is 1. The van der Waals surface area contributed by atoms with Gasteiger partial charge in [-0.05, 0) is 58.7 Å². The monoisotopic (exact) mass is 502 g/mol. The van der Waals surface area contributed by atoms with Crippen molar-refractivity contribution in [2.75, 3.05) is 0 Å². The maximum Gasteiger partial charge on any atom is 0.217 e. The molecule has 5 aromatic rings. The summed E-state index contributed by atoms with van der Waals surface area (Å²) in [7, 11) is 0. The van der Waals surface area contributed by atoms with E-state index in [9.17, 15) is 5.21 Å². The molecular formula is C25H20ClFN8O. The molecule has 0 N–H and O–H groups in total. The largest absolute Gasteiger partial charge is 0.618 e. The summed E-state index contributed by atoms with van der Waals surface area (Å²) >= 11 is 6.08. The maximum absolute atomic E-state index is 15.2. The first-order valence-corrected chi connectivity index (χ1v) is 11.9. The second-order valence-corrected chi connectivity index (χ2v) is 9.23. The van der Waals surface area contributed by atoms with Crippen LogP contribution in [-0.2, 0) is 0 Å². The zero-order chi connectivity index (χ0) is 24.6. The van der Waals surface area contributed by atoms with Gasteiger partial charge >= 0.3 is 0 Å². The number of hydrogen-bond acceptors (Lipinski definition) is 6. The summed E-state index contributed by atoms with van der Waals surface area (Å²) in [4.78, 5) is 4.07. The third-order valence-corrected chi connectivity index (χ3v) is 6.72. The Balaban J connectivity index is 1.40. The predicted molar refractivity (Wildman–Crippen MR) is 129 cm³/mol. The first-order chi connectivity index (χ1) is 17.6. The lowest BCUT2D eigenvalue weighted by Crippen LogP contribution is -2.35. The third-order valence-electron chi connectivity index (χ3n) is 6.43. The van der Waals surface area contributed by atoms with E-state index in [1.165, 1.54) is 23.3 Å². The normalized spacial score (nSPS) is 14.2. The van der Waals surface area contributed by atoms with Gasteiger partial charge in [0.2, 0.25) is 5.69 Å². The van der Waals surface area contributed by atoms with Gasteiger partial charge in [-0.25, -0.2) is 4.39 Å². The fraction of sp³-hybridized carbons (Fsp3) is 0.200. The molecule has 0 saturated heterocycles. The van der Waals surface area contributed by atoms with Gasteiger partial charge < -0.3 is 5.21 Å². The molecule has 6 rings (SSSR count). The molecule has 11 heteroatoms. The summed E-state index contributed by atoms with van der Waals surface area (Å²) in [5.74, 6) is -0.110. The van der Waals surface area contributed by atoms with Crippen LogP contribution in [-0.4, -0.2) is 35.0 Å². The van der Waals surface area contributed by atoms with Gasteiger partial charge in [0.1, 0.15) is 12.4 Å². The molecule has 0 aliphatic heterocycles. The van der Waals surface area contributed by atoms with Crippen molar-refractivity contribution in [3.63, 3.8) is 0 Å². The van der Waals surface area contributed by atoms with E-state index in [0.717, 1.165) is 35.1 Å². The number of aromatic nitrogens is 8. The first kappa shape index (κ1) is 22.3. The van der Waals surface area contributed by atoms with Gasteiger partial charge in [0, 0.05) is 30.2 Å². The van der Waals surface area contributed by atoms with Crippen LogP contribution < -0.4 is 4.73 Å². The van der Waals surface area contributed by atoms with Crippen molar-refractivity contribution in [1.82, 2.24) is 35.0 Å². The molecule has 1 saturated carbocycles. The Morgan fingerprint density at radius 1 is 1.08 bits per heavy atom. The standard InChI is InChI=1S/C25H20ClFN8O/c26-20-4-6-22(34-15-29-31-32-34)24(25(20)27)18-3-5-21(35(36)14-18)23(11-16-1-2-16)33-13-19(12-30-33)17-7-9-28-10-8-17/h3-10,12-16,23H,1-2,11H2. The van der Waals surface area contributed by atoms with Crippen LogP contribution in [0.4, 0.5) is 4.39 Å². The molecule has 36 heavy (non-hydrogen) atoms. The molecule has 1 aliphatic carbocycles. The number of rotatable bonds is 7. The van der Waals surface area contributed by atoms with Crippen molar-refractivity contribution in [3.05, 3.63) is 95.5 Å². The minimum Gasteiger partial charge on any atom is -0.618 e. The van der Waals surface area contributed by atoms with Gasteiger partial charge in [0.25, 0.3) is 0 Å². The quantitative estimate of drug-likeness (QED) is 0.241. The van der Waals surface area contributed by atoms with Crippen LogP contribution in [0.3, 0.4) is 0 Å². The van der Waals surface area contributed by atoms with E-state index >= 15 is 4.39 Å². The highest BCUT2D eigenvalue weighted by atomic mass is 35.5. The van der Waals surface area contributed by atoms with Gasteiger partial charge in [0.05, 0.1) is 28.0 Å². The lowest BCUT2D eigenvalue weighted by Gasteiger charge is -2.18. The molecule has 180 valence electrons. The summed E-state index contributed by atoms with van der Waals surface area (Å²) in [5, 5.41) is 29.0. The molecule has 4 aromatic heterocycles. The smallest absolute Gasteiger partial charge is 0.217 e. The van der Waals surface area contributed by atoms with Crippen molar-refractivity contribution >= 4 is 11.6 Å². The summed E-state index contributed by atoms with van der Waals surface area (Å²) in [6, 6.07) is 10.1. The Kier molecular flexibility index (Phi) is 5.65. The van der Waals surface area contributed by atoms with Crippen LogP contribution in [0.25, 0.3) is 27.9 Å². The van der Waals surface area contributed by atoms with Crippen molar-refractivity contribution in [3.8, 4) is 27.9 Å². The van der Waals surface area contributed by atoms with Crippen molar-refractivity contribution < 1.29 is 9.12 Å². The van der Waals surface area contributed by atoms with E-state index in [-0.39, 0.29) is 16.6 Å². The minimum atomic E-state index is -0.652. The number of tetrazole rings is 1. The fourth-order valence-electron chi connectivity index (χ4n) is 4.41. The Hall–Kier alpha value is -4.18. The third kappa shape index (κ3) is 4.20. The van der Waals surface area contributed by atoms with E-state index < -0.39 is 5.82 Å². The highest BCUT2D eigenvalue weighted by Gasteiger charge is 2.32. The van der Waals surface area contributed by atoms with Crippen LogP contribution >= 0.6 is 11.6 Å². The summed E-state index contributed by atoms with van der Waals surface area (Å²) in [6.45, 7) is 0. The first-order valence-electron chi connectivity index (χ1n) is 11.5. The van der Waals surface area contributed by atoms with Crippen LogP contribution in [0.5, 0.6) is 0 Å². The molecule has 0 radical (unpaired) electrons. The minimum absolute atomic E-state index is 0.0601. The second-order valence-electron chi connectivity index (χ2n) is 8.82. The van der Waals surface area contributed by atoms with Crippen molar-refractivity contribution in [2.24, 2.45) is 5.92 Å². The average Bonchev–Trinajstić information content (AvgIpc) is 3.33. The maximum atomic E-state index is 15.2. The molecule has 1 aliphatic rings. The fourth-order valence-corrected chi connectivity index (χ4v) is 4.57. The molecule has 1 aromatic carbocycles. The number of pyridine rings is 2. The molecule has 1 fully saturated rings. The molecule has 0 bridgehead atoms. The van der Waals surface area contributed by atoms with Crippen molar-refractivity contribution in [2.45, 2.75) is 25.3 Å². The predicted octanol–water partition coefficient (Wildman–Crippen LogP) is 4.40. The zero-order valence-electron chi connectivity index (χ0n) is 18.9. The van der Waals surface area contributed by atoms with Gasteiger partial charge in [-0.15, -0.1) is 5.10 Å². The Morgan fingerprint density at radius 3 is 2.64 bits per heavy atom. The van der Waals surface area contributed by atoms with E-state index in [1.807, 2.05) is 23.0 Å². The van der Waals surface area contributed by atoms with Crippen molar-refractivity contribution in [1.29, 1.82) is 0 Å². The summed E-state index contributed by atoms with van der Waals surface area (Å²) in [5.41, 5.74) is 3.35. The lowest BCUT2D eigenvalue weighted by atomic mass is 10.0. The SMILES string of the molecule is [O-][n+]1cc(-c2c(-n3cnnn3)ccc(Cl)c2F)ccc1C(CC1CC1)n1cc(-c2ccncc2)cn1. The molecule has 4 heterocycles. The molecule has 0 amide bonds. The Labute approximate surface area is 210 Å². The van der Waals surface area contributed by atoms with Crippen LogP contribution in [0.15, 0.2) is 73.7 Å². The topological polar surface area (TPSA) is 101 Å². The van der Waals surface area contributed by atoms with Crippen LogP contribution in [0.1, 0.15) is 31.0 Å². The zero-order valence-corrected chi connectivity index (χ0v) is 19.7. The highest BCUT2D eigenvalue weighted by Crippen LogP contribution is 2.39. The van der Waals surface area contributed by atoms with Gasteiger partial charge in [-0.2, -0.15) is 14.5 Å². The number of hydrogen-bond donors (Lipinski definition) is 0. The molecular weight excluding hydrogens is 483 g/mol. The number of halogens is 2. The van der Waals surface area contributed by atoms with E-state index in [4.69, 9.17) is 11.6 Å². The van der Waals surface area contributed by atoms with Gasteiger partial charge in [-0.1, -0.05) is 24.4 Å². The van der Waals surface area contributed by atoms with E-state index in [1.54, 1.807) is 36.8 Å². The molecule has 9 nitrogen and oxygen atoms in total.